The molecule has 0 fully saturated rings. The summed E-state index contributed by atoms with van der Waals surface area (Å²) in [5.41, 5.74) is 0. The number of amides is 1. The largest absolute Gasteiger partial charge is 0.466 e. The van der Waals surface area contributed by atoms with E-state index in [-0.39, 0.29) is 18.5 Å². The predicted molar refractivity (Wildman–Crippen MR) is 278 cm³/mol. The van der Waals surface area contributed by atoms with E-state index < -0.39 is 12.1 Å². The van der Waals surface area contributed by atoms with E-state index in [4.69, 9.17) is 4.74 Å². The second kappa shape index (κ2) is 53.7. The molecular formula is C58H109NO5. The number of rotatable bonds is 52. The lowest BCUT2D eigenvalue weighted by Gasteiger charge is -2.20. The Kier molecular flexibility index (Phi) is 52.1. The van der Waals surface area contributed by atoms with E-state index in [0.29, 0.717) is 19.4 Å². The summed E-state index contributed by atoms with van der Waals surface area (Å²) in [4.78, 5) is 24.5. The smallest absolute Gasteiger partial charge is 0.305 e. The fraction of sp³-hybridized carbons (Fsp3) is 0.862. The fourth-order valence-corrected chi connectivity index (χ4v) is 8.53. The number of carbonyl (C=O) groups excluding carboxylic acids is 2. The Labute approximate surface area is 398 Å². The number of esters is 1. The van der Waals surface area contributed by atoms with E-state index in [0.717, 1.165) is 51.4 Å². The first-order valence-electron chi connectivity index (χ1n) is 28.3. The molecule has 3 N–H and O–H groups in total. The lowest BCUT2D eigenvalue weighted by molar-refractivity contribution is -0.143. The van der Waals surface area contributed by atoms with Gasteiger partial charge in [0, 0.05) is 12.8 Å². The summed E-state index contributed by atoms with van der Waals surface area (Å²) in [6.07, 6.45) is 65.9. The Bertz CT molecular complexity index is 1040. The Balaban J connectivity index is 3.42. The summed E-state index contributed by atoms with van der Waals surface area (Å²) in [6, 6.07) is -0.629. The summed E-state index contributed by atoms with van der Waals surface area (Å²) in [6.45, 7) is 4.85. The number of hydrogen-bond acceptors (Lipinski definition) is 5. The monoisotopic (exact) mass is 900 g/mol. The van der Waals surface area contributed by atoms with Crippen LogP contribution in [0.4, 0.5) is 0 Å². The highest BCUT2D eigenvalue weighted by Crippen LogP contribution is 2.17. The van der Waals surface area contributed by atoms with Crippen LogP contribution in [0.5, 0.6) is 0 Å². The molecule has 0 radical (unpaired) electrons. The Morgan fingerprint density at radius 1 is 0.438 bits per heavy atom. The van der Waals surface area contributed by atoms with E-state index in [2.05, 4.69) is 43.5 Å². The minimum atomic E-state index is -0.845. The zero-order chi connectivity index (χ0) is 46.5. The SMILES string of the molecule is CCCC/C=C\C/C=C\CCCCCCCC(=O)OCCCCCCCCCCCCCCCCCCCCCCC(=O)NC(CO)C(O)/C=C/CCCCCCCCCCCCC. The summed E-state index contributed by atoms with van der Waals surface area (Å²) in [5, 5.41) is 23.1. The highest BCUT2D eigenvalue weighted by Gasteiger charge is 2.18. The van der Waals surface area contributed by atoms with Gasteiger partial charge in [0.2, 0.25) is 5.91 Å². The van der Waals surface area contributed by atoms with E-state index in [9.17, 15) is 19.8 Å². The lowest BCUT2D eigenvalue weighted by Crippen LogP contribution is -2.45. The lowest BCUT2D eigenvalue weighted by atomic mass is 10.0. The van der Waals surface area contributed by atoms with Crippen molar-refractivity contribution in [1.82, 2.24) is 5.32 Å². The molecule has 0 aromatic rings. The van der Waals surface area contributed by atoms with Gasteiger partial charge in [-0.2, -0.15) is 0 Å². The first-order valence-corrected chi connectivity index (χ1v) is 28.3. The van der Waals surface area contributed by atoms with Crippen LogP contribution in [0, 0.1) is 0 Å². The van der Waals surface area contributed by atoms with Crippen molar-refractivity contribution in [3.8, 4) is 0 Å². The van der Waals surface area contributed by atoms with Gasteiger partial charge in [0.05, 0.1) is 25.4 Å². The molecule has 2 atom stereocenters. The number of unbranched alkanes of at least 4 members (excludes halogenated alkanes) is 37. The van der Waals surface area contributed by atoms with Gasteiger partial charge in [-0.3, -0.25) is 9.59 Å². The normalized spacial score (nSPS) is 12.9. The van der Waals surface area contributed by atoms with Gasteiger partial charge in [-0.25, -0.2) is 0 Å². The van der Waals surface area contributed by atoms with E-state index >= 15 is 0 Å². The number of ether oxygens (including phenoxy) is 1. The highest BCUT2D eigenvalue weighted by molar-refractivity contribution is 5.76. The van der Waals surface area contributed by atoms with Crippen LogP contribution in [-0.2, 0) is 14.3 Å². The van der Waals surface area contributed by atoms with E-state index in [1.165, 1.54) is 218 Å². The van der Waals surface area contributed by atoms with Crippen molar-refractivity contribution in [1.29, 1.82) is 0 Å². The molecule has 2 unspecified atom stereocenters. The van der Waals surface area contributed by atoms with Gasteiger partial charge >= 0.3 is 5.97 Å². The van der Waals surface area contributed by atoms with Gasteiger partial charge in [-0.15, -0.1) is 0 Å². The maximum absolute atomic E-state index is 12.4. The molecule has 0 aromatic carbocycles. The zero-order valence-electron chi connectivity index (χ0n) is 42.8. The van der Waals surface area contributed by atoms with Crippen LogP contribution in [0.15, 0.2) is 36.5 Å². The molecule has 376 valence electrons. The van der Waals surface area contributed by atoms with Gasteiger partial charge in [0.15, 0.2) is 0 Å². The third kappa shape index (κ3) is 49.5. The minimum absolute atomic E-state index is 0.00508. The van der Waals surface area contributed by atoms with Crippen molar-refractivity contribution in [2.75, 3.05) is 13.2 Å². The standard InChI is InChI=1S/C58H109NO5/c1-3-5-7-9-11-13-15-17-28-32-36-40-44-48-52-58(63)64-53-49-45-41-37-33-29-25-23-21-19-18-20-22-24-27-31-35-39-43-47-51-57(62)59-55(54-60)56(61)50-46-42-38-34-30-26-16-14-12-10-8-6-4-2/h9,11,15,17,46,50,55-56,60-61H,3-8,10,12-14,16,18-45,47-49,51-54H2,1-2H3,(H,59,62)/b11-9-,17-15-,50-46+. The summed E-state index contributed by atoms with van der Waals surface area (Å²) >= 11 is 0. The van der Waals surface area contributed by atoms with Crippen molar-refractivity contribution >= 4 is 11.9 Å². The van der Waals surface area contributed by atoms with Gasteiger partial charge in [0.25, 0.3) is 0 Å². The quantitative estimate of drug-likeness (QED) is 0.0321. The van der Waals surface area contributed by atoms with Crippen LogP contribution in [0.25, 0.3) is 0 Å². The number of nitrogens with one attached hydrogen (secondary N) is 1. The molecular weight excluding hydrogens is 791 g/mol. The van der Waals surface area contributed by atoms with Gasteiger partial charge < -0.3 is 20.3 Å². The summed E-state index contributed by atoms with van der Waals surface area (Å²) in [7, 11) is 0. The molecule has 0 saturated heterocycles. The molecule has 0 aromatic heterocycles. The molecule has 0 aliphatic heterocycles. The number of hydrogen-bond donors (Lipinski definition) is 3. The van der Waals surface area contributed by atoms with Crippen molar-refractivity contribution < 1.29 is 24.5 Å². The van der Waals surface area contributed by atoms with Crippen molar-refractivity contribution in [2.24, 2.45) is 0 Å². The second-order valence-corrected chi connectivity index (χ2v) is 19.3. The Morgan fingerprint density at radius 2 is 0.797 bits per heavy atom. The van der Waals surface area contributed by atoms with Gasteiger partial charge in [0.1, 0.15) is 0 Å². The number of allylic oxidation sites excluding steroid dienone is 5. The molecule has 1 amide bonds. The van der Waals surface area contributed by atoms with Crippen LogP contribution in [0.3, 0.4) is 0 Å². The maximum atomic E-state index is 12.4. The first kappa shape index (κ1) is 62.1. The molecule has 6 nitrogen and oxygen atoms in total. The molecule has 0 rings (SSSR count). The molecule has 0 aliphatic carbocycles. The van der Waals surface area contributed by atoms with Crippen LogP contribution >= 0.6 is 0 Å². The molecule has 0 heterocycles. The second-order valence-electron chi connectivity index (χ2n) is 19.3. The highest BCUT2D eigenvalue weighted by atomic mass is 16.5. The average molecular weight is 901 g/mol. The molecule has 0 saturated carbocycles. The molecule has 6 heteroatoms. The zero-order valence-corrected chi connectivity index (χ0v) is 42.8. The van der Waals surface area contributed by atoms with Crippen molar-refractivity contribution in [3.05, 3.63) is 36.5 Å². The third-order valence-electron chi connectivity index (χ3n) is 12.9. The van der Waals surface area contributed by atoms with E-state index in [1.807, 2.05) is 6.08 Å². The van der Waals surface area contributed by atoms with Gasteiger partial charge in [-0.1, -0.05) is 262 Å². The number of carbonyl (C=O) groups is 2. The third-order valence-corrected chi connectivity index (χ3v) is 12.9. The minimum Gasteiger partial charge on any atom is -0.466 e. The van der Waals surface area contributed by atoms with Gasteiger partial charge in [-0.05, 0) is 57.8 Å². The first-order chi connectivity index (χ1) is 31.5. The molecule has 0 bridgehead atoms. The molecule has 0 spiro atoms. The predicted octanol–water partition coefficient (Wildman–Crippen LogP) is 17.2. The molecule has 0 aliphatic rings. The van der Waals surface area contributed by atoms with Crippen LogP contribution < -0.4 is 5.32 Å². The van der Waals surface area contributed by atoms with Crippen LogP contribution in [0.1, 0.15) is 296 Å². The topological polar surface area (TPSA) is 95.9 Å². The fourth-order valence-electron chi connectivity index (χ4n) is 8.53. The Morgan fingerprint density at radius 3 is 1.23 bits per heavy atom. The average Bonchev–Trinajstić information content (AvgIpc) is 3.29. The molecule has 64 heavy (non-hydrogen) atoms. The number of aliphatic hydroxyl groups is 2. The number of aliphatic hydroxyl groups excluding tert-OH is 2. The van der Waals surface area contributed by atoms with Crippen LogP contribution in [-0.4, -0.2) is 47.4 Å². The Hall–Kier alpha value is -1.92. The van der Waals surface area contributed by atoms with E-state index in [1.54, 1.807) is 6.08 Å². The summed E-state index contributed by atoms with van der Waals surface area (Å²) in [5.74, 6) is -0.0755. The van der Waals surface area contributed by atoms with Crippen LogP contribution in [0.2, 0.25) is 0 Å². The maximum Gasteiger partial charge on any atom is 0.305 e. The van der Waals surface area contributed by atoms with Crippen molar-refractivity contribution in [3.63, 3.8) is 0 Å². The van der Waals surface area contributed by atoms with Crippen molar-refractivity contribution in [2.45, 2.75) is 309 Å². The summed E-state index contributed by atoms with van der Waals surface area (Å²) < 4.78 is 5.47.